The van der Waals surface area contributed by atoms with E-state index in [4.69, 9.17) is 5.11 Å². The van der Waals surface area contributed by atoms with Gasteiger partial charge in [-0.15, -0.1) is 0 Å². The van der Waals surface area contributed by atoms with Crippen molar-refractivity contribution in [1.82, 2.24) is 10.6 Å². The van der Waals surface area contributed by atoms with E-state index in [-0.39, 0.29) is 39.1 Å². The van der Waals surface area contributed by atoms with Crippen LogP contribution in [0.3, 0.4) is 0 Å². The zero-order chi connectivity index (χ0) is 33.7. The van der Waals surface area contributed by atoms with E-state index in [2.05, 4.69) is 58.8 Å². The van der Waals surface area contributed by atoms with Gasteiger partial charge in [0.05, 0.1) is 11.5 Å². The van der Waals surface area contributed by atoms with E-state index in [1.54, 1.807) is 0 Å². The van der Waals surface area contributed by atoms with Crippen molar-refractivity contribution < 1.29 is 24.6 Å². The van der Waals surface area contributed by atoms with Gasteiger partial charge in [-0.3, -0.25) is 14.4 Å². The monoisotopic (exact) mass is 640 g/mol. The van der Waals surface area contributed by atoms with E-state index in [1.807, 2.05) is 0 Å². The molecule has 5 saturated carbocycles. The molecule has 0 spiro atoms. The summed E-state index contributed by atoms with van der Waals surface area (Å²) < 4.78 is 0. The Kier molecular flexibility index (Phi) is 9.90. The number of unbranched alkanes of at least 4 members (excludes halogenated alkanes) is 3. The van der Waals surface area contributed by atoms with E-state index >= 15 is 0 Å². The third kappa shape index (κ3) is 5.66. The molecule has 10 atom stereocenters. The highest BCUT2D eigenvalue weighted by Gasteiger charge is 2.71. The number of allylic oxidation sites excluding steroid dienone is 1. The Bertz CT molecular complexity index is 1200. The van der Waals surface area contributed by atoms with Crippen molar-refractivity contribution in [3.63, 3.8) is 0 Å². The number of carboxylic acid groups (broad SMARTS) is 1. The van der Waals surface area contributed by atoms with Crippen LogP contribution in [-0.4, -0.2) is 47.2 Å². The van der Waals surface area contributed by atoms with Gasteiger partial charge in [0.2, 0.25) is 11.8 Å². The van der Waals surface area contributed by atoms with Crippen molar-refractivity contribution >= 4 is 17.8 Å². The molecule has 0 heterocycles. The molecule has 5 aliphatic rings. The van der Waals surface area contributed by atoms with Gasteiger partial charge in [0.1, 0.15) is 6.42 Å². The van der Waals surface area contributed by atoms with Crippen LogP contribution in [-0.2, 0) is 14.4 Å². The number of fused-ring (bicyclic) bond motifs is 7. The summed E-state index contributed by atoms with van der Waals surface area (Å²) >= 11 is 0. The lowest BCUT2D eigenvalue weighted by Crippen LogP contribution is -2.67. The number of hydrogen-bond acceptors (Lipinski definition) is 4. The van der Waals surface area contributed by atoms with Crippen LogP contribution in [0, 0.1) is 56.7 Å². The summed E-state index contributed by atoms with van der Waals surface area (Å²) in [5.41, 5.74) is 1.59. The Hall–Kier alpha value is -1.89. The van der Waals surface area contributed by atoms with E-state index in [0.29, 0.717) is 42.7 Å². The fourth-order valence-electron chi connectivity index (χ4n) is 12.9. The second-order valence-corrected chi connectivity index (χ2v) is 17.8. The predicted molar refractivity (Wildman–Crippen MR) is 182 cm³/mol. The smallest absolute Gasteiger partial charge is 0.312 e. The van der Waals surface area contributed by atoms with Gasteiger partial charge >= 0.3 is 5.97 Å². The second kappa shape index (κ2) is 12.9. The Balaban J connectivity index is 1.26. The fourth-order valence-corrected chi connectivity index (χ4v) is 12.9. The molecular weight excluding hydrogens is 576 g/mol. The van der Waals surface area contributed by atoms with Gasteiger partial charge in [-0.2, -0.15) is 0 Å². The average molecular weight is 641 g/mol. The number of rotatable bonds is 11. The van der Waals surface area contributed by atoms with Gasteiger partial charge in [-0.1, -0.05) is 59.6 Å². The summed E-state index contributed by atoms with van der Waals surface area (Å²) in [5.74, 6) is 1.22. The Labute approximate surface area is 278 Å². The Morgan fingerprint density at radius 1 is 0.761 bits per heavy atom. The van der Waals surface area contributed by atoms with Crippen molar-refractivity contribution in [1.29, 1.82) is 0 Å². The normalized spacial score (nSPS) is 42.5. The van der Waals surface area contributed by atoms with E-state index in [9.17, 15) is 19.5 Å². The van der Waals surface area contributed by atoms with Crippen molar-refractivity contribution in [2.24, 2.45) is 56.7 Å². The van der Waals surface area contributed by atoms with E-state index in [1.165, 1.54) is 31.3 Å². The largest absolute Gasteiger partial charge is 0.481 e. The maximum Gasteiger partial charge on any atom is 0.312 e. The summed E-state index contributed by atoms with van der Waals surface area (Å²) in [6.07, 6.45) is 14.0. The molecule has 7 nitrogen and oxygen atoms in total. The molecule has 0 aliphatic heterocycles. The lowest BCUT2D eigenvalue weighted by Gasteiger charge is -2.72. The van der Waals surface area contributed by atoms with Crippen LogP contribution in [0.5, 0.6) is 0 Å². The number of carbonyl (C=O) groups excluding carboxylic acids is 2. The Morgan fingerprint density at radius 2 is 1.43 bits per heavy atom. The first-order chi connectivity index (χ1) is 21.5. The molecule has 5 rings (SSSR count). The first-order valence-corrected chi connectivity index (χ1v) is 18.6. The van der Waals surface area contributed by atoms with Gasteiger partial charge < -0.3 is 20.8 Å². The van der Waals surface area contributed by atoms with Crippen LogP contribution < -0.4 is 10.6 Å². The van der Waals surface area contributed by atoms with Gasteiger partial charge in [-0.05, 0) is 135 Å². The number of carboxylic acids is 1. The molecule has 2 amide bonds. The Morgan fingerprint density at radius 3 is 2.09 bits per heavy atom. The average Bonchev–Trinajstić information content (AvgIpc) is 3.38. The number of aliphatic hydroxyl groups excluding tert-OH is 1. The topological polar surface area (TPSA) is 116 Å². The number of aliphatic hydroxyl groups is 1. The molecule has 46 heavy (non-hydrogen) atoms. The summed E-state index contributed by atoms with van der Waals surface area (Å²) in [6.45, 7) is 20.3. The summed E-state index contributed by atoms with van der Waals surface area (Å²) in [5, 5.41) is 25.8. The highest BCUT2D eigenvalue weighted by molar-refractivity contribution is 5.93. The lowest BCUT2D eigenvalue weighted by molar-refractivity contribution is -0.246. The summed E-state index contributed by atoms with van der Waals surface area (Å²) in [7, 11) is 0. The van der Waals surface area contributed by atoms with Crippen LogP contribution in [0.2, 0.25) is 0 Å². The molecule has 0 saturated heterocycles. The molecule has 5 aliphatic carbocycles. The first kappa shape index (κ1) is 35.4. The highest BCUT2D eigenvalue weighted by atomic mass is 16.4. The lowest BCUT2D eigenvalue weighted by atomic mass is 9.32. The third-order valence-electron chi connectivity index (χ3n) is 15.5. The van der Waals surface area contributed by atoms with Crippen LogP contribution in [0.1, 0.15) is 138 Å². The molecule has 5 fully saturated rings. The fraction of sp³-hybridized carbons (Fsp3) is 0.872. The SMILES string of the molecule is C=C(C)[C@@H]1CC[C@]2(C(=O)NCCCCCCNC(=O)CC(=O)O)CC[C@]3(C)[C@H](CC[C@@H]4[C@@]5(C)CC[C@H](O)C(C)(C)[C@@H]5CC[C@]43C)[C@@H]12. The number of carbonyl (C=O) groups is 3. The molecule has 0 bridgehead atoms. The highest BCUT2D eigenvalue weighted by Crippen LogP contribution is 2.77. The van der Waals surface area contributed by atoms with E-state index in [0.717, 1.165) is 64.2 Å². The van der Waals surface area contributed by atoms with Crippen LogP contribution in [0.4, 0.5) is 0 Å². The maximum absolute atomic E-state index is 14.3. The van der Waals surface area contributed by atoms with Gasteiger partial charge in [-0.25, -0.2) is 0 Å². The number of nitrogens with one attached hydrogen (secondary N) is 2. The van der Waals surface area contributed by atoms with Crippen LogP contribution >= 0.6 is 0 Å². The second-order valence-electron chi connectivity index (χ2n) is 17.8. The van der Waals surface area contributed by atoms with Crippen molar-refractivity contribution in [3.8, 4) is 0 Å². The molecule has 0 aromatic heterocycles. The minimum absolute atomic E-state index is 0.0414. The summed E-state index contributed by atoms with van der Waals surface area (Å²) in [6, 6.07) is 0. The first-order valence-electron chi connectivity index (χ1n) is 18.6. The molecule has 7 heteroatoms. The molecule has 0 aromatic rings. The number of amides is 2. The van der Waals surface area contributed by atoms with Crippen molar-refractivity contribution in [3.05, 3.63) is 12.2 Å². The zero-order valence-corrected chi connectivity index (χ0v) is 29.8. The minimum Gasteiger partial charge on any atom is -0.481 e. The van der Waals surface area contributed by atoms with Crippen molar-refractivity contribution in [2.75, 3.05) is 13.1 Å². The number of hydrogen-bond donors (Lipinski definition) is 4. The van der Waals surface area contributed by atoms with Crippen molar-refractivity contribution in [2.45, 2.75) is 144 Å². The zero-order valence-electron chi connectivity index (χ0n) is 29.8. The van der Waals surface area contributed by atoms with Crippen LogP contribution in [0.25, 0.3) is 0 Å². The predicted octanol–water partition coefficient (Wildman–Crippen LogP) is 7.27. The summed E-state index contributed by atoms with van der Waals surface area (Å²) in [4.78, 5) is 36.4. The molecule has 0 unspecified atom stereocenters. The van der Waals surface area contributed by atoms with Gasteiger partial charge in [0, 0.05) is 13.1 Å². The molecule has 4 N–H and O–H groups in total. The molecule has 0 aromatic carbocycles. The minimum atomic E-state index is -1.11. The standard InChI is InChI=1S/C39H64N2O5/c1-25(2)26-14-19-39(34(46)41-23-11-9-8-10-22-40-31(43)24-32(44)45)21-20-37(6)27(33(26)39)12-13-29-36(5)17-16-30(42)35(3,4)28(36)15-18-38(29,37)7/h26-30,33,42H,1,8-24H2,2-7H3,(H,40,43)(H,41,46)(H,44,45)/t26-,27+,28-,29+,30-,33+,36-,37+,38+,39-/m0/s1. The molecule has 0 radical (unpaired) electrons. The van der Waals surface area contributed by atoms with Gasteiger partial charge in [0.15, 0.2) is 0 Å². The van der Waals surface area contributed by atoms with Gasteiger partial charge in [0.25, 0.3) is 0 Å². The van der Waals surface area contributed by atoms with E-state index < -0.39 is 18.3 Å². The maximum atomic E-state index is 14.3. The third-order valence-corrected chi connectivity index (χ3v) is 15.5. The molecule has 260 valence electrons. The number of aliphatic carboxylic acids is 1. The quantitative estimate of drug-likeness (QED) is 0.108. The van der Waals surface area contributed by atoms with Crippen LogP contribution in [0.15, 0.2) is 12.2 Å². The molecular formula is C39H64N2O5.